The van der Waals surface area contributed by atoms with E-state index in [2.05, 4.69) is 64.8 Å². The van der Waals surface area contributed by atoms with Crippen LogP contribution in [-0.4, -0.2) is 29.9 Å². The Morgan fingerprint density at radius 3 is 2.33 bits per heavy atom. The first-order valence-corrected chi connectivity index (χ1v) is 15.3. The lowest BCUT2D eigenvalue weighted by Crippen LogP contribution is -2.48. The molecule has 6 heteroatoms. The summed E-state index contributed by atoms with van der Waals surface area (Å²) in [7, 11) is 0. The molecule has 6 N–H and O–H groups in total. The van der Waals surface area contributed by atoms with Gasteiger partial charge in [0.1, 0.15) is 5.84 Å². The van der Waals surface area contributed by atoms with Gasteiger partial charge >= 0.3 is 0 Å². The van der Waals surface area contributed by atoms with Crippen molar-refractivity contribution in [3.8, 4) is 0 Å². The lowest BCUT2D eigenvalue weighted by molar-refractivity contribution is -0.124. The first kappa shape index (κ1) is 26.8. The van der Waals surface area contributed by atoms with Gasteiger partial charge in [0.25, 0.3) is 0 Å². The molecule has 2 fully saturated rings. The average molecular weight is 538 g/mol. The highest BCUT2D eigenvalue weighted by Gasteiger charge is 2.46. The first-order chi connectivity index (χ1) is 19.5. The van der Waals surface area contributed by atoms with Crippen LogP contribution in [0.3, 0.4) is 0 Å². The monoisotopic (exact) mass is 537 g/mol. The second kappa shape index (κ2) is 11.6. The van der Waals surface area contributed by atoms with E-state index in [9.17, 15) is 4.79 Å². The second-order valence-electron chi connectivity index (χ2n) is 12.3. The number of carbonyl (C=O) groups excluding carboxylic acids is 1. The topological polar surface area (TPSA) is 108 Å². The molecule has 0 saturated heterocycles. The Morgan fingerprint density at radius 2 is 1.60 bits per heavy atom. The van der Waals surface area contributed by atoms with Gasteiger partial charge in [-0.05, 0) is 78.5 Å². The molecule has 2 atom stereocenters. The largest absolute Gasteiger partial charge is 0.384 e. The Labute approximate surface area is 238 Å². The van der Waals surface area contributed by atoms with Crippen molar-refractivity contribution in [2.24, 2.45) is 17.4 Å². The van der Waals surface area contributed by atoms with E-state index in [1.807, 2.05) is 6.07 Å². The number of amides is 1. The highest BCUT2D eigenvalue weighted by atomic mass is 16.2. The molecule has 0 aromatic heterocycles. The third-order valence-corrected chi connectivity index (χ3v) is 9.64. The number of fused-ring (bicyclic) bond motifs is 2. The van der Waals surface area contributed by atoms with Crippen LogP contribution in [0.4, 0.5) is 5.69 Å². The molecule has 6 nitrogen and oxygen atoms in total. The first-order valence-electron chi connectivity index (χ1n) is 15.3. The smallest absolute Gasteiger partial charge is 0.229 e. The average Bonchev–Trinajstić information content (AvgIpc) is 3.09. The van der Waals surface area contributed by atoms with E-state index in [4.69, 9.17) is 16.9 Å². The van der Waals surface area contributed by atoms with E-state index in [-0.39, 0.29) is 35.8 Å². The zero-order valence-corrected chi connectivity index (χ0v) is 23.4. The lowest BCUT2D eigenvalue weighted by atomic mass is 9.81. The Kier molecular flexibility index (Phi) is 7.79. The quantitative estimate of drug-likeness (QED) is 0.177. The molecule has 3 aliphatic rings. The van der Waals surface area contributed by atoms with Gasteiger partial charge in [-0.25, -0.2) is 0 Å². The van der Waals surface area contributed by atoms with Gasteiger partial charge in [0.05, 0.1) is 5.92 Å². The van der Waals surface area contributed by atoms with Crippen molar-refractivity contribution in [3.05, 3.63) is 77.4 Å². The number of nitrogens with zero attached hydrogens (tertiary/aromatic N) is 1. The number of carbonyl (C=O) groups is 1. The summed E-state index contributed by atoms with van der Waals surface area (Å²) >= 11 is 0. The lowest BCUT2D eigenvalue weighted by Gasteiger charge is -2.37. The number of amidine groups is 1. The minimum absolute atomic E-state index is 0.0610. The summed E-state index contributed by atoms with van der Waals surface area (Å²) < 4.78 is 0. The molecule has 1 aliphatic heterocycles. The van der Waals surface area contributed by atoms with Crippen molar-refractivity contribution in [2.75, 3.05) is 4.90 Å². The van der Waals surface area contributed by atoms with E-state index in [1.165, 1.54) is 42.0 Å². The van der Waals surface area contributed by atoms with Crippen molar-refractivity contribution < 1.29 is 4.79 Å². The number of rotatable bonds is 6. The van der Waals surface area contributed by atoms with E-state index < -0.39 is 0 Å². The molecule has 3 aromatic carbocycles. The Balaban J connectivity index is 1.40. The molecule has 2 saturated carbocycles. The molecule has 2 unspecified atom stereocenters. The van der Waals surface area contributed by atoms with Crippen LogP contribution in [0, 0.1) is 11.3 Å². The molecule has 40 heavy (non-hydrogen) atoms. The predicted octanol–water partition coefficient (Wildman–Crippen LogP) is 5.95. The number of nitrogens with two attached hydrogens (primary N) is 2. The standard InChI is InChI=1S/C34H43N5O/c35-27-14-16-28(17-15-27)38-34(40)31-29-18-13-26(33(36)37)20-30(29)39(32(31)24-8-3-1-2-4-9-24)21-22-11-12-23-7-5-6-10-25(23)19-22/h5-7,10-13,18-20,24,27-28,31-32H,1-4,8-9,14-17,21,35H2,(H3,36,37)(H,38,40). The van der Waals surface area contributed by atoms with Crippen LogP contribution in [-0.2, 0) is 11.3 Å². The summed E-state index contributed by atoms with van der Waals surface area (Å²) in [5, 5.41) is 14.1. The van der Waals surface area contributed by atoms with E-state index >= 15 is 0 Å². The molecule has 1 amide bonds. The molecule has 3 aromatic rings. The second-order valence-corrected chi connectivity index (χ2v) is 12.3. The molecule has 0 spiro atoms. The number of hydrogen-bond donors (Lipinski definition) is 4. The SMILES string of the molecule is N=C(N)c1ccc2c(c1)N(Cc1ccc3ccccc3c1)C(C1CCCCCC1)C2C(=O)NC1CCC(N)CC1. The summed E-state index contributed by atoms with van der Waals surface area (Å²) in [5.74, 6) is 0.403. The Bertz CT molecular complexity index is 1370. The van der Waals surface area contributed by atoms with Crippen molar-refractivity contribution in [2.45, 2.75) is 94.8 Å². The van der Waals surface area contributed by atoms with Gasteiger partial charge in [0.15, 0.2) is 0 Å². The molecular weight excluding hydrogens is 494 g/mol. The van der Waals surface area contributed by atoms with Crippen LogP contribution < -0.4 is 21.7 Å². The Hall–Kier alpha value is -3.38. The summed E-state index contributed by atoms with van der Waals surface area (Å²) in [4.78, 5) is 16.7. The molecule has 1 heterocycles. The van der Waals surface area contributed by atoms with Crippen LogP contribution in [0.15, 0.2) is 60.7 Å². The summed E-state index contributed by atoms with van der Waals surface area (Å²) in [6, 6.07) is 21.7. The van der Waals surface area contributed by atoms with Crippen molar-refractivity contribution in [1.29, 1.82) is 5.41 Å². The van der Waals surface area contributed by atoms with Crippen LogP contribution in [0.2, 0.25) is 0 Å². The Morgan fingerprint density at radius 1 is 0.875 bits per heavy atom. The highest BCUT2D eigenvalue weighted by Crippen LogP contribution is 2.48. The number of benzene rings is 3. The van der Waals surface area contributed by atoms with Crippen molar-refractivity contribution in [3.63, 3.8) is 0 Å². The van der Waals surface area contributed by atoms with Gasteiger partial charge in [0.2, 0.25) is 5.91 Å². The number of hydrogen-bond acceptors (Lipinski definition) is 4. The van der Waals surface area contributed by atoms with E-state index in [0.29, 0.717) is 11.5 Å². The maximum Gasteiger partial charge on any atom is 0.229 e. The fraction of sp³-hybridized carbons (Fsp3) is 0.471. The van der Waals surface area contributed by atoms with Gasteiger partial charge < -0.3 is 21.7 Å². The fourth-order valence-corrected chi connectivity index (χ4v) is 7.50. The van der Waals surface area contributed by atoms with Gasteiger partial charge in [-0.2, -0.15) is 0 Å². The summed E-state index contributed by atoms with van der Waals surface area (Å²) in [6.07, 6.45) is 11.1. The zero-order valence-electron chi connectivity index (χ0n) is 23.4. The summed E-state index contributed by atoms with van der Waals surface area (Å²) in [5.41, 5.74) is 16.2. The molecule has 0 radical (unpaired) electrons. The van der Waals surface area contributed by atoms with E-state index in [0.717, 1.165) is 56.3 Å². The van der Waals surface area contributed by atoms with Gasteiger partial charge in [0, 0.05) is 35.9 Å². The highest BCUT2D eigenvalue weighted by molar-refractivity contribution is 5.98. The normalized spacial score (nSPS) is 25.4. The molecule has 0 bridgehead atoms. The number of nitrogens with one attached hydrogen (secondary N) is 2. The maximum atomic E-state index is 14.3. The summed E-state index contributed by atoms with van der Waals surface area (Å²) in [6.45, 7) is 0.725. The van der Waals surface area contributed by atoms with Gasteiger partial charge in [-0.3, -0.25) is 10.2 Å². The van der Waals surface area contributed by atoms with Crippen LogP contribution in [0.1, 0.15) is 86.8 Å². The van der Waals surface area contributed by atoms with Crippen LogP contribution >= 0.6 is 0 Å². The fourth-order valence-electron chi connectivity index (χ4n) is 7.50. The number of anilines is 1. The molecule has 210 valence electrons. The predicted molar refractivity (Wildman–Crippen MR) is 164 cm³/mol. The third-order valence-electron chi connectivity index (χ3n) is 9.64. The van der Waals surface area contributed by atoms with Gasteiger partial charge in [-0.15, -0.1) is 0 Å². The van der Waals surface area contributed by atoms with E-state index in [1.54, 1.807) is 0 Å². The molecular formula is C34H43N5O. The van der Waals surface area contributed by atoms with Crippen LogP contribution in [0.25, 0.3) is 10.8 Å². The maximum absolute atomic E-state index is 14.3. The third kappa shape index (κ3) is 5.46. The van der Waals surface area contributed by atoms with Crippen molar-refractivity contribution >= 4 is 28.2 Å². The molecule has 2 aliphatic carbocycles. The number of nitrogen functional groups attached to an aromatic ring is 1. The van der Waals surface area contributed by atoms with Crippen LogP contribution in [0.5, 0.6) is 0 Å². The van der Waals surface area contributed by atoms with Crippen molar-refractivity contribution in [1.82, 2.24) is 5.32 Å². The van der Waals surface area contributed by atoms with Gasteiger partial charge in [-0.1, -0.05) is 74.2 Å². The molecule has 6 rings (SSSR count). The minimum atomic E-state index is -0.241. The zero-order chi connectivity index (χ0) is 27.6. The minimum Gasteiger partial charge on any atom is -0.384 e.